The first-order valence-electron chi connectivity index (χ1n) is 7.56. The number of carbonyl (C=O) groups is 2. The first-order chi connectivity index (χ1) is 12.9. The molecular formula is C17H15ClN2O7. The van der Waals surface area contributed by atoms with Gasteiger partial charge in [-0.25, -0.2) is 4.79 Å². The van der Waals surface area contributed by atoms with Crippen molar-refractivity contribution >= 4 is 34.9 Å². The number of nitrogens with zero attached hydrogens (tertiary/aromatic N) is 1. The highest BCUT2D eigenvalue weighted by molar-refractivity contribution is 6.31. The van der Waals surface area contributed by atoms with Gasteiger partial charge in [0.15, 0.2) is 24.7 Å². The van der Waals surface area contributed by atoms with Crippen LogP contribution in [-0.2, 0) is 14.3 Å². The molecule has 1 amide bonds. The molecule has 0 aliphatic heterocycles. The average molecular weight is 395 g/mol. The van der Waals surface area contributed by atoms with E-state index in [1.807, 2.05) is 0 Å². The van der Waals surface area contributed by atoms with Gasteiger partial charge in [-0.05, 0) is 24.3 Å². The first kappa shape index (κ1) is 20.0. The summed E-state index contributed by atoms with van der Waals surface area (Å²) in [6.45, 7) is -1.07. The van der Waals surface area contributed by atoms with Crippen LogP contribution in [0.1, 0.15) is 0 Å². The maximum atomic E-state index is 11.8. The maximum Gasteiger partial charge on any atom is 0.344 e. The molecule has 0 saturated heterocycles. The van der Waals surface area contributed by atoms with Crippen LogP contribution in [0.2, 0.25) is 5.02 Å². The Balaban J connectivity index is 1.85. The van der Waals surface area contributed by atoms with Gasteiger partial charge in [-0.2, -0.15) is 0 Å². The predicted molar refractivity (Wildman–Crippen MR) is 96.2 cm³/mol. The summed E-state index contributed by atoms with van der Waals surface area (Å²) in [6.07, 6.45) is 0. The summed E-state index contributed by atoms with van der Waals surface area (Å²) in [4.78, 5) is 33.8. The third kappa shape index (κ3) is 5.86. The van der Waals surface area contributed by atoms with E-state index in [2.05, 4.69) is 5.32 Å². The Labute approximate surface area is 158 Å². The highest BCUT2D eigenvalue weighted by Gasteiger charge is 2.17. The second kappa shape index (κ2) is 9.39. The Kier molecular flexibility index (Phi) is 6.95. The van der Waals surface area contributed by atoms with Crippen molar-refractivity contribution in [2.24, 2.45) is 0 Å². The number of rotatable bonds is 8. The average Bonchev–Trinajstić information content (AvgIpc) is 2.66. The summed E-state index contributed by atoms with van der Waals surface area (Å²) in [6, 6.07) is 10.5. The molecule has 0 radical (unpaired) electrons. The normalized spacial score (nSPS) is 10.0. The number of benzene rings is 2. The molecule has 0 saturated carbocycles. The lowest BCUT2D eigenvalue weighted by Gasteiger charge is -2.10. The summed E-state index contributed by atoms with van der Waals surface area (Å²) in [5, 5.41) is 13.4. The fourth-order valence-electron chi connectivity index (χ4n) is 2.01. The van der Waals surface area contributed by atoms with Crippen LogP contribution in [0.15, 0.2) is 42.5 Å². The standard InChI is InChI=1S/C17H15ClN2O7/c1-25-14-4-2-3-5-15(14)26-10-17(22)27-9-16(21)19-12-7-6-11(18)8-13(12)20(23)24/h2-8H,9-10H2,1H3,(H,19,21). The van der Waals surface area contributed by atoms with Crippen molar-refractivity contribution in [2.75, 3.05) is 25.6 Å². The molecule has 2 rings (SSSR count). The largest absolute Gasteiger partial charge is 0.493 e. The molecule has 0 fully saturated rings. The molecular weight excluding hydrogens is 380 g/mol. The van der Waals surface area contributed by atoms with E-state index >= 15 is 0 Å². The molecule has 0 atom stereocenters. The van der Waals surface area contributed by atoms with Crippen molar-refractivity contribution in [1.82, 2.24) is 0 Å². The lowest BCUT2D eigenvalue weighted by atomic mass is 10.2. The molecule has 0 unspecified atom stereocenters. The second-order valence-corrected chi connectivity index (χ2v) is 5.50. The van der Waals surface area contributed by atoms with Crippen LogP contribution >= 0.6 is 11.6 Å². The fourth-order valence-corrected chi connectivity index (χ4v) is 2.18. The van der Waals surface area contributed by atoms with E-state index in [9.17, 15) is 19.7 Å². The van der Waals surface area contributed by atoms with E-state index in [1.165, 1.54) is 19.2 Å². The van der Waals surface area contributed by atoms with Gasteiger partial charge in [0.2, 0.25) is 0 Å². The molecule has 0 heterocycles. The van der Waals surface area contributed by atoms with Gasteiger partial charge in [-0.1, -0.05) is 23.7 Å². The van der Waals surface area contributed by atoms with Gasteiger partial charge in [-0.3, -0.25) is 14.9 Å². The number of esters is 1. The Morgan fingerprint density at radius 1 is 1.15 bits per heavy atom. The number of methoxy groups -OCH3 is 1. The number of halogens is 1. The lowest BCUT2D eigenvalue weighted by Crippen LogP contribution is -2.24. The first-order valence-corrected chi connectivity index (χ1v) is 7.93. The van der Waals surface area contributed by atoms with Crippen LogP contribution in [-0.4, -0.2) is 37.1 Å². The van der Waals surface area contributed by atoms with Crippen molar-refractivity contribution in [3.05, 3.63) is 57.6 Å². The number of nitrogens with one attached hydrogen (secondary N) is 1. The SMILES string of the molecule is COc1ccccc1OCC(=O)OCC(=O)Nc1ccc(Cl)cc1[N+](=O)[O-]. The Morgan fingerprint density at radius 3 is 2.52 bits per heavy atom. The van der Waals surface area contributed by atoms with Gasteiger partial charge in [0.1, 0.15) is 5.69 Å². The predicted octanol–water partition coefficient (Wildman–Crippen LogP) is 2.82. The van der Waals surface area contributed by atoms with E-state index in [4.69, 9.17) is 25.8 Å². The maximum absolute atomic E-state index is 11.8. The minimum Gasteiger partial charge on any atom is -0.493 e. The number of carbonyl (C=O) groups excluding carboxylic acids is 2. The summed E-state index contributed by atoms with van der Waals surface area (Å²) in [5.74, 6) is -0.746. The zero-order chi connectivity index (χ0) is 19.8. The van der Waals surface area contributed by atoms with Gasteiger partial charge in [-0.15, -0.1) is 0 Å². The summed E-state index contributed by atoms with van der Waals surface area (Å²) in [7, 11) is 1.46. The van der Waals surface area contributed by atoms with Crippen LogP contribution in [0.25, 0.3) is 0 Å². The molecule has 2 aromatic carbocycles. The van der Waals surface area contributed by atoms with Gasteiger partial charge in [0.05, 0.1) is 12.0 Å². The Morgan fingerprint density at radius 2 is 1.85 bits per heavy atom. The van der Waals surface area contributed by atoms with Crippen LogP contribution < -0.4 is 14.8 Å². The Hall–Kier alpha value is -3.33. The van der Waals surface area contributed by atoms with E-state index in [0.717, 1.165) is 6.07 Å². The number of ether oxygens (including phenoxy) is 3. The molecule has 10 heteroatoms. The molecule has 0 spiro atoms. The van der Waals surface area contributed by atoms with Crippen molar-refractivity contribution in [3.63, 3.8) is 0 Å². The monoisotopic (exact) mass is 394 g/mol. The zero-order valence-corrected chi connectivity index (χ0v) is 14.9. The molecule has 1 N–H and O–H groups in total. The van der Waals surface area contributed by atoms with Crippen LogP contribution in [0.5, 0.6) is 11.5 Å². The van der Waals surface area contributed by atoms with Gasteiger partial charge < -0.3 is 19.5 Å². The number of para-hydroxylation sites is 2. The molecule has 0 aromatic heterocycles. The van der Waals surface area contributed by atoms with Crippen molar-refractivity contribution < 1.29 is 28.7 Å². The Bertz CT molecular complexity index is 857. The number of anilines is 1. The van der Waals surface area contributed by atoms with E-state index in [0.29, 0.717) is 11.5 Å². The molecule has 0 aliphatic rings. The highest BCUT2D eigenvalue weighted by atomic mass is 35.5. The minimum atomic E-state index is -0.790. The van der Waals surface area contributed by atoms with E-state index < -0.39 is 30.0 Å². The third-order valence-corrected chi connectivity index (χ3v) is 3.44. The number of amides is 1. The number of nitro benzene ring substituents is 1. The minimum absolute atomic E-state index is 0.0595. The van der Waals surface area contributed by atoms with Crippen molar-refractivity contribution in [3.8, 4) is 11.5 Å². The van der Waals surface area contributed by atoms with Gasteiger partial charge in [0.25, 0.3) is 11.6 Å². The summed E-state index contributed by atoms with van der Waals surface area (Å²) < 4.78 is 15.1. The molecule has 27 heavy (non-hydrogen) atoms. The van der Waals surface area contributed by atoms with Crippen molar-refractivity contribution in [1.29, 1.82) is 0 Å². The second-order valence-electron chi connectivity index (χ2n) is 5.07. The van der Waals surface area contributed by atoms with Crippen LogP contribution in [0, 0.1) is 10.1 Å². The molecule has 9 nitrogen and oxygen atoms in total. The smallest absolute Gasteiger partial charge is 0.344 e. The highest BCUT2D eigenvalue weighted by Crippen LogP contribution is 2.28. The lowest BCUT2D eigenvalue weighted by molar-refractivity contribution is -0.383. The van der Waals surface area contributed by atoms with Crippen LogP contribution in [0.4, 0.5) is 11.4 Å². The zero-order valence-electron chi connectivity index (χ0n) is 14.1. The quantitative estimate of drug-likeness (QED) is 0.415. The van der Waals surface area contributed by atoms with E-state index in [1.54, 1.807) is 24.3 Å². The molecule has 0 bridgehead atoms. The van der Waals surface area contributed by atoms with Gasteiger partial charge in [0, 0.05) is 11.1 Å². The summed E-state index contributed by atoms with van der Waals surface area (Å²) in [5.41, 5.74) is -0.433. The summed E-state index contributed by atoms with van der Waals surface area (Å²) >= 11 is 5.70. The van der Waals surface area contributed by atoms with Crippen LogP contribution in [0.3, 0.4) is 0 Å². The molecule has 0 aliphatic carbocycles. The van der Waals surface area contributed by atoms with Crippen molar-refractivity contribution in [2.45, 2.75) is 0 Å². The van der Waals surface area contributed by atoms with Gasteiger partial charge >= 0.3 is 5.97 Å². The number of hydrogen-bond acceptors (Lipinski definition) is 7. The topological polar surface area (TPSA) is 117 Å². The third-order valence-electron chi connectivity index (χ3n) is 3.21. The molecule has 142 valence electrons. The number of hydrogen-bond donors (Lipinski definition) is 1. The number of nitro groups is 1. The molecule has 2 aromatic rings. The van der Waals surface area contributed by atoms with E-state index in [-0.39, 0.29) is 16.4 Å². The fraction of sp³-hybridized carbons (Fsp3) is 0.176.